The van der Waals surface area contributed by atoms with Crippen molar-refractivity contribution >= 4 is 76.4 Å². The maximum absolute atomic E-state index is 17.0. The van der Waals surface area contributed by atoms with Gasteiger partial charge in [0.1, 0.15) is 156 Å². The first-order valence-corrected chi connectivity index (χ1v) is 42.7. The molecule has 8 amide bonds. The molecule has 42 nitrogen and oxygen atoms in total. The molecule has 3 saturated heterocycles. The number of carbonyl (C=O) groups is 9. The van der Waals surface area contributed by atoms with Crippen molar-refractivity contribution in [3.8, 4) is 80.1 Å². The van der Waals surface area contributed by atoms with Crippen LogP contribution >= 0.6 is 23.2 Å². The van der Waals surface area contributed by atoms with E-state index in [0.717, 1.165) is 105 Å². The van der Waals surface area contributed by atoms with Gasteiger partial charge in [0.05, 0.1) is 29.9 Å². The second-order valence-corrected chi connectivity index (χ2v) is 34.0. The smallest absolute Gasteiger partial charge is 0.330 e. The van der Waals surface area contributed by atoms with E-state index in [1.54, 1.807) is 0 Å². The van der Waals surface area contributed by atoms with Crippen LogP contribution in [-0.2, 0) is 68.5 Å². The molecule has 1 unspecified atom stereocenters. The minimum absolute atomic E-state index is 0.144. The first-order valence-electron chi connectivity index (χ1n) is 42.0. The Hall–Kier alpha value is -12.0. The van der Waals surface area contributed by atoms with Gasteiger partial charge in [0.25, 0.3) is 0 Å². The van der Waals surface area contributed by atoms with E-state index in [1.165, 1.54) is 36.4 Å². The van der Waals surface area contributed by atoms with Crippen molar-refractivity contribution in [3.05, 3.63) is 164 Å². The number of hydrogen-bond donors (Lipinski definition) is 24. The number of phenolic OH excluding ortho intramolecular Hbond substituents is 4. The molecule has 25 N–H and O–H groups in total. The second kappa shape index (κ2) is 40.6. The molecular weight excluding hydrogens is 1780 g/mol. The summed E-state index contributed by atoms with van der Waals surface area (Å²) in [4.78, 5) is 138. The van der Waals surface area contributed by atoms with Crippen LogP contribution in [0.1, 0.15) is 135 Å². The number of halogens is 2. The Balaban J connectivity index is 1.04. The number of para-hydroxylation sites is 1. The van der Waals surface area contributed by atoms with Gasteiger partial charge in [-0.15, -0.1) is 0 Å². The Kier molecular flexibility index (Phi) is 29.5. The standard InChI is InChI=1S/C88H97Cl2N9O33/c1-33(2)9-6-4-5-7-12-59(108)94-67-73(113)70(110)57(31-101)129-87(67)132-78-54-25-39-26-55(78)126-52-18-15-37(24-47(52)90)76(131-86-66(92-34(3)103)72(112)69(109)56(30-100)128-86)68-84(121)98-65(85(122)123)45-28-41(105)29-53(127-88-75(115)74(114)71(111)58(32-102)130-88)60(45)44-23-36(14-16-49(44)106)62(81(118)99-68)96-83(120)64(39)97-82(119)63-38-21-40(104)27-42(22-38)124-77-43(10-8-11-50(77)107)61(91)80(117)93-48(79(116)95-63)20-35-13-17-51(125-54)46(89)19-35/h8,10-11,13-19,21-29,33,48,56-58,61-76,86-88,100-102,104-107,109-115H,4-7,9,12,20,30-32,91H2,1-3H3,(H,92,103)(H,93,117)(H,94,108)(H,95,116)(H,96,120)(H,97,119)(H,98,121)(H,99,118)(H,122,123)/t48-,56+,57-,58+,61-,62+,63+,64+,65?,66+,67-,68+,69+,70-,71+,72-,73-,74-,75+,76-,86-,87-,88-/m1/s1. The summed E-state index contributed by atoms with van der Waals surface area (Å²) in [5.41, 5.74) is 2.64. The number of unbranched alkanes of at least 4 members (excludes halogenated alkanes) is 3. The average Bonchev–Trinajstić information content (AvgIpc) is 0.763. The highest BCUT2D eigenvalue weighted by molar-refractivity contribution is 6.32. The maximum Gasteiger partial charge on any atom is 0.330 e. The number of hydrogen-bond acceptors (Lipinski definition) is 33. The van der Waals surface area contributed by atoms with Gasteiger partial charge < -0.3 is 167 Å². The summed E-state index contributed by atoms with van der Waals surface area (Å²) in [5, 5.41) is 190. The van der Waals surface area contributed by atoms with Crippen molar-refractivity contribution in [1.29, 1.82) is 0 Å². The zero-order valence-corrected chi connectivity index (χ0v) is 71.8. The summed E-state index contributed by atoms with van der Waals surface area (Å²) in [7, 11) is 0. The summed E-state index contributed by atoms with van der Waals surface area (Å²) in [5.74, 6) is -19.4. The fourth-order valence-electron chi connectivity index (χ4n) is 16.5. The van der Waals surface area contributed by atoms with Crippen LogP contribution < -0.4 is 72.0 Å². The zero-order valence-electron chi connectivity index (χ0n) is 70.3. The second-order valence-electron chi connectivity index (χ2n) is 33.2. The first kappa shape index (κ1) is 96.0. The number of aliphatic carboxylic acids is 1. The van der Waals surface area contributed by atoms with Gasteiger partial charge in [-0.25, -0.2) is 4.79 Å². The van der Waals surface area contributed by atoms with Crippen molar-refractivity contribution in [2.75, 3.05) is 19.8 Å². The lowest BCUT2D eigenvalue weighted by Crippen LogP contribution is -2.65. The molecule has 44 heteroatoms. The fraction of sp³-hybridized carbons (Fsp3) is 0.420. The van der Waals surface area contributed by atoms with Crippen LogP contribution in [0.3, 0.4) is 0 Å². The van der Waals surface area contributed by atoms with E-state index < -0.39 is 327 Å². The number of rotatable bonds is 19. The van der Waals surface area contributed by atoms with E-state index >= 15 is 24.0 Å². The number of benzene rings is 7. The number of amides is 8. The van der Waals surface area contributed by atoms with Crippen LogP contribution in [0.4, 0.5) is 0 Å². The largest absolute Gasteiger partial charge is 0.508 e. The lowest BCUT2D eigenvalue weighted by Gasteiger charge is -2.44. The third kappa shape index (κ3) is 20.6. The Morgan fingerprint density at radius 3 is 1.72 bits per heavy atom. The van der Waals surface area contributed by atoms with Crippen molar-refractivity contribution in [2.24, 2.45) is 11.7 Å². The van der Waals surface area contributed by atoms with E-state index in [1.807, 2.05) is 0 Å². The number of fused-ring (bicyclic) bond motifs is 13. The fourth-order valence-corrected chi connectivity index (χ4v) is 17.0. The van der Waals surface area contributed by atoms with Gasteiger partial charge in [0.15, 0.2) is 35.3 Å². The van der Waals surface area contributed by atoms with Gasteiger partial charge in [-0.2, -0.15) is 0 Å². The molecular formula is C88H97Cl2N9O33. The number of aliphatic hydroxyl groups excluding tert-OH is 10. The molecule has 9 aliphatic rings. The first-order chi connectivity index (χ1) is 62.9. The molecule has 132 heavy (non-hydrogen) atoms. The minimum atomic E-state index is -2.59. The van der Waals surface area contributed by atoms with Gasteiger partial charge in [-0.3, -0.25) is 38.4 Å². The number of nitrogens with one attached hydrogen (secondary N) is 8. The molecule has 0 aliphatic carbocycles. The van der Waals surface area contributed by atoms with E-state index in [-0.39, 0.29) is 28.3 Å². The summed E-state index contributed by atoms with van der Waals surface area (Å²) in [6, 6.07) is 0.682. The van der Waals surface area contributed by atoms with Crippen molar-refractivity contribution in [3.63, 3.8) is 0 Å². The van der Waals surface area contributed by atoms with Crippen LogP contribution in [0.2, 0.25) is 10.0 Å². The zero-order chi connectivity index (χ0) is 94.9. The lowest BCUT2D eigenvalue weighted by molar-refractivity contribution is -0.284. The molecule has 0 aromatic heterocycles. The molecule has 0 radical (unpaired) electrons. The Bertz CT molecular complexity index is 5560. The molecule has 7 aromatic rings. The van der Waals surface area contributed by atoms with E-state index in [2.05, 4.69) is 56.4 Å². The van der Waals surface area contributed by atoms with E-state index in [4.69, 9.17) is 71.6 Å². The topological polar surface area (TPSA) is 662 Å². The Morgan fingerprint density at radius 1 is 0.515 bits per heavy atom. The molecule has 0 spiro atoms. The van der Waals surface area contributed by atoms with Crippen LogP contribution in [0, 0.1) is 5.92 Å². The van der Waals surface area contributed by atoms with Crippen LogP contribution in [-0.4, -0.2) is 254 Å². The number of carboxylic acid groups (broad SMARTS) is 1. The molecule has 0 saturated carbocycles. The number of aromatic hydroxyl groups is 4. The van der Waals surface area contributed by atoms with Gasteiger partial charge in [-0.1, -0.05) is 93.1 Å². The summed E-state index contributed by atoms with van der Waals surface area (Å²) in [6.07, 6.45) is -25.9. The highest BCUT2D eigenvalue weighted by Crippen LogP contribution is 2.51. The lowest BCUT2D eigenvalue weighted by atomic mass is 9.89. The molecule has 7 aromatic carbocycles. The number of carbonyl (C=O) groups excluding carboxylic acids is 8. The minimum Gasteiger partial charge on any atom is -0.508 e. The number of aliphatic hydroxyl groups is 10. The summed E-state index contributed by atoms with van der Waals surface area (Å²) < 4.78 is 57.6. The van der Waals surface area contributed by atoms with Crippen molar-refractivity contribution in [2.45, 2.75) is 206 Å². The van der Waals surface area contributed by atoms with Gasteiger partial charge in [-0.05, 0) is 113 Å². The normalized spacial score (nSPS) is 28.9. The molecule has 16 rings (SSSR count). The van der Waals surface area contributed by atoms with E-state index in [9.17, 15) is 95.8 Å². The Labute approximate surface area is 759 Å². The number of phenols is 4. The third-order valence-corrected chi connectivity index (χ3v) is 24.0. The summed E-state index contributed by atoms with van der Waals surface area (Å²) in [6.45, 7) is 1.97. The van der Waals surface area contributed by atoms with E-state index in [0.29, 0.717) is 18.8 Å². The highest BCUT2D eigenvalue weighted by Gasteiger charge is 2.52. The summed E-state index contributed by atoms with van der Waals surface area (Å²) >= 11 is 14.7. The van der Waals surface area contributed by atoms with Crippen LogP contribution in [0.25, 0.3) is 11.1 Å². The monoisotopic (exact) mass is 1880 g/mol. The molecule has 9 heterocycles. The molecule has 9 aliphatic heterocycles. The SMILES string of the molecule is CC(=O)N[C@@H]1[C@@H](O[C@@H]2c3ccc(c(Cl)c3)Oc3cc4cc(c3O[C@H]3O[C@H](CO)[C@@H](O)[C@H](O)[C@H]3NC(=O)CCCCCCC(C)C)Oc3ccc(cc3Cl)C[C@H]3NC(=O)[C@H](N)c5cccc(O)c5Oc5cc(O)cc(c5)[C@H](NC3=O)C(=O)N[C@@H]4C(=O)N[C@@H]3C(=O)N[C@@H]2C(=O)NC(C(=O)O)c2cc(O)cc(O[C@@H]4O[C@@H](CO)[C@H](O)[C@@H](O)[C@@H]4O)c2-c2cc3ccc2O)O[C@@H](CO)[C@H](O)[C@@H]1O. The molecule has 15 bridgehead atoms. The molecule has 3 fully saturated rings. The number of ether oxygens (including phenoxy) is 9. The predicted octanol–water partition coefficient (Wildman–Crippen LogP) is 1.02. The van der Waals surface area contributed by atoms with Crippen molar-refractivity contribution in [1.82, 2.24) is 42.5 Å². The van der Waals surface area contributed by atoms with Crippen molar-refractivity contribution < 1.29 is 162 Å². The molecule has 706 valence electrons. The molecule has 23 atom stereocenters. The quantitative estimate of drug-likeness (QED) is 0.0503. The average molecular weight is 1880 g/mol. The predicted molar refractivity (Wildman–Crippen MR) is 453 cm³/mol. The number of nitrogens with two attached hydrogens (primary N) is 1. The Morgan fingerprint density at radius 2 is 1.09 bits per heavy atom. The van der Waals surface area contributed by atoms with Crippen LogP contribution in [0.15, 0.2) is 115 Å². The number of carboxylic acids is 1. The van der Waals surface area contributed by atoms with Gasteiger partial charge in [0, 0.05) is 54.2 Å². The van der Waals surface area contributed by atoms with Gasteiger partial charge >= 0.3 is 5.97 Å². The van der Waals surface area contributed by atoms with Gasteiger partial charge in [0.2, 0.25) is 65.6 Å². The maximum atomic E-state index is 17.0. The van der Waals surface area contributed by atoms with Crippen LogP contribution in [0.5, 0.6) is 69.0 Å². The highest BCUT2D eigenvalue weighted by atomic mass is 35.5. The third-order valence-electron chi connectivity index (χ3n) is 23.4.